The van der Waals surface area contributed by atoms with Gasteiger partial charge < -0.3 is 24.8 Å². The van der Waals surface area contributed by atoms with E-state index in [0.717, 1.165) is 33.8 Å². The zero-order valence-corrected chi connectivity index (χ0v) is 28.1. The number of amides is 2. The average molecular weight is 714 g/mol. The zero-order chi connectivity index (χ0) is 35.6. The fraction of sp³-hybridized carbons (Fsp3) is 0.364. The van der Waals surface area contributed by atoms with Gasteiger partial charge in [0.05, 0.1) is 40.7 Å². The van der Waals surface area contributed by atoms with Crippen molar-refractivity contribution in [3.8, 4) is 0 Å². The summed E-state index contributed by atoms with van der Waals surface area (Å²) < 4.78 is 47.7. The Kier molecular flexibility index (Phi) is 10.0. The minimum atomic E-state index is -4.61. The smallest absolute Gasteiger partial charge is 0.377 e. The number of carbonyl (C=O) groups excluding carboxylic acids is 2. The molecular weight excluding hydrogens is 679 g/mol. The fourth-order valence-electron chi connectivity index (χ4n) is 6.02. The van der Waals surface area contributed by atoms with Crippen LogP contribution in [-0.2, 0) is 35.7 Å². The van der Waals surface area contributed by atoms with E-state index in [1.54, 1.807) is 29.0 Å². The van der Waals surface area contributed by atoms with Crippen LogP contribution in [0.5, 0.6) is 0 Å². The van der Waals surface area contributed by atoms with Crippen LogP contribution < -0.4 is 15.8 Å². The Balaban J connectivity index is 1.34. The van der Waals surface area contributed by atoms with Crippen LogP contribution in [-0.4, -0.2) is 85.6 Å². The molecule has 6 rings (SSSR count). The maximum atomic E-state index is 14.5. The lowest BCUT2D eigenvalue weighted by Crippen LogP contribution is -2.51. The van der Waals surface area contributed by atoms with Gasteiger partial charge >= 0.3 is 6.18 Å². The number of pyridine rings is 1. The number of hydrogen-bond donors (Lipinski definition) is 3. The highest BCUT2D eigenvalue weighted by Gasteiger charge is 2.31. The Morgan fingerprint density at radius 2 is 1.90 bits per heavy atom. The molecule has 1 fully saturated rings. The minimum Gasteiger partial charge on any atom is -0.377 e. The monoisotopic (exact) mass is 713 g/mol. The summed E-state index contributed by atoms with van der Waals surface area (Å²) in [5.74, 6) is -0.559. The number of alkyl halides is 3. The fourth-order valence-corrected chi connectivity index (χ4v) is 6.25. The molecule has 3 N–H and O–H groups in total. The molecule has 0 unspecified atom stereocenters. The predicted molar refractivity (Wildman–Crippen MR) is 182 cm³/mol. The quantitative estimate of drug-likeness (QED) is 0.255. The Labute approximate surface area is 289 Å². The van der Waals surface area contributed by atoms with Crippen LogP contribution in [0.25, 0.3) is 16.5 Å². The molecule has 0 aliphatic carbocycles. The highest BCUT2D eigenvalue weighted by molar-refractivity contribution is 6.33. The number of carbonyl (C=O) groups is 2. The number of piperazine rings is 1. The number of aryl methyl sites for hydroxylation is 2. The average Bonchev–Trinajstić information content (AvgIpc) is 3.59. The summed E-state index contributed by atoms with van der Waals surface area (Å²) in [6.45, 7) is 3.33. The van der Waals surface area contributed by atoms with Crippen molar-refractivity contribution in [2.45, 2.75) is 32.5 Å². The second-order valence-corrected chi connectivity index (χ2v) is 12.2. The van der Waals surface area contributed by atoms with Crippen LogP contribution in [0.3, 0.4) is 0 Å². The van der Waals surface area contributed by atoms with E-state index < -0.39 is 29.8 Å². The van der Waals surface area contributed by atoms with Crippen molar-refractivity contribution in [3.05, 3.63) is 87.0 Å². The predicted octanol–water partition coefficient (Wildman–Crippen LogP) is 4.55. The number of ether oxygens (including phenoxy) is 1. The first-order valence-corrected chi connectivity index (χ1v) is 16.4. The van der Waals surface area contributed by atoms with Gasteiger partial charge in [-0.25, -0.2) is 9.67 Å². The molecule has 4 aromatic rings. The van der Waals surface area contributed by atoms with Crippen LogP contribution in [0.2, 0.25) is 5.02 Å². The zero-order valence-electron chi connectivity index (χ0n) is 27.3. The highest BCUT2D eigenvalue weighted by Crippen LogP contribution is 2.34. The molecule has 5 heterocycles. The second kappa shape index (κ2) is 14.4. The standard InChI is InChI=1S/C33H35ClF3N9O4/c1-3-24-29(44-12-14-45(15-13-44)31(48)28-27-20(6-10-38-27)7-11-39-28)32(49)46(42-30(43(2)41-24)21-8-16-50-17-9-21)19-26(47)40-25-5-4-22(18-23(25)34)33(35,36)37/h4-8,10-11,18,38,41H,3,9,12-17,19H2,1-2H3,(H,40,47). The number of fused-ring (bicyclic) bond motifs is 1. The molecule has 0 bridgehead atoms. The van der Waals surface area contributed by atoms with Gasteiger partial charge in [-0.05, 0) is 48.7 Å². The molecule has 50 heavy (non-hydrogen) atoms. The van der Waals surface area contributed by atoms with Gasteiger partial charge in [-0.1, -0.05) is 24.6 Å². The topological polar surface area (TPSA) is 146 Å². The molecule has 1 aromatic carbocycles. The number of anilines is 2. The number of aromatic nitrogens is 6. The van der Waals surface area contributed by atoms with Crippen molar-refractivity contribution in [1.29, 1.82) is 0 Å². The Bertz CT molecular complexity index is 2070. The molecule has 264 valence electrons. The first kappa shape index (κ1) is 34.8. The molecule has 0 spiro atoms. The van der Waals surface area contributed by atoms with Gasteiger partial charge in [0.1, 0.15) is 12.2 Å². The van der Waals surface area contributed by atoms with Gasteiger partial charge in [-0.3, -0.25) is 24.2 Å². The molecule has 3 aromatic heterocycles. The number of rotatable bonds is 7. The third kappa shape index (κ3) is 7.26. The lowest BCUT2D eigenvalue weighted by atomic mass is 10.1. The Hall–Kier alpha value is -5.09. The SMILES string of the molecule is CCc1[nH]n(C)c(C2=CCOCC2)nn(CC(=O)Nc2ccc(C(F)(F)F)cc2Cl)c(=O)c1N1CCN(C(=O)c2nccc3cc[nH]c23)CC1. The Morgan fingerprint density at radius 1 is 1.12 bits per heavy atom. The van der Waals surface area contributed by atoms with Crippen molar-refractivity contribution in [2.75, 3.05) is 49.6 Å². The van der Waals surface area contributed by atoms with Crippen LogP contribution in [0, 0.1) is 0 Å². The van der Waals surface area contributed by atoms with Gasteiger partial charge in [0.2, 0.25) is 5.91 Å². The summed E-state index contributed by atoms with van der Waals surface area (Å²) >= 11 is 6.10. The van der Waals surface area contributed by atoms with Gasteiger partial charge in [0.15, 0.2) is 11.5 Å². The third-order valence-electron chi connectivity index (χ3n) is 8.59. The molecule has 2 aliphatic heterocycles. The first-order valence-electron chi connectivity index (χ1n) is 16.0. The van der Waals surface area contributed by atoms with Crippen molar-refractivity contribution in [2.24, 2.45) is 7.05 Å². The maximum Gasteiger partial charge on any atom is 0.416 e. The van der Waals surface area contributed by atoms with Crippen molar-refractivity contribution >= 4 is 51.3 Å². The second-order valence-electron chi connectivity index (χ2n) is 11.8. The molecule has 2 aliphatic rings. The van der Waals surface area contributed by atoms with Crippen LogP contribution in [0.1, 0.15) is 40.9 Å². The lowest BCUT2D eigenvalue weighted by Gasteiger charge is -2.36. The summed E-state index contributed by atoms with van der Waals surface area (Å²) in [7, 11) is 1.75. The van der Waals surface area contributed by atoms with E-state index in [9.17, 15) is 27.6 Å². The van der Waals surface area contributed by atoms with Crippen LogP contribution in [0.15, 0.2) is 53.6 Å². The summed E-state index contributed by atoms with van der Waals surface area (Å²) in [5, 5.41) is 11.0. The van der Waals surface area contributed by atoms with Gasteiger partial charge in [-0.15, -0.1) is 5.10 Å². The van der Waals surface area contributed by atoms with E-state index >= 15 is 0 Å². The summed E-state index contributed by atoms with van der Waals surface area (Å²) in [6.07, 6.45) is 1.51. The van der Waals surface area contributed by atoms with E-state index in [1.165, 1.54) is 0 Å². The van der Waals surface area contributed by atoms with E-state index in [-0.39, 0.29) is 22.3 Å². The highest BCUT2D eigenvalue weighted by atomic mass is 35.5. The van der Waals surface area contributed by atoms with Crippen molar-refractivity contribution < 1.29 is 27.5 Å². The Morgan fingerprint density at radius 3 is 2.58 bits per heavy atom. The largest absolute Gasteiger partial charge is 0.416 e. The molecule has 13 nitrogen and oxygen atoms in total. The van der Waals surface area contributed by atoms with Crippen LogP contribution >= 0.6 is 11.6 Å². The molecule has 2 amide bonds. The van der Waals surface area contributed by atoms with E-state index in [2.05, 4.69) is 25.5 Å². The number of hydrogen-bond acceptors (Lipinski definition) is 7. The lowest BCUT2D eigenvalue weighted by molar-refractivity contribution is -0.137. The van der Waals surface area contributed by atoms with Crippen molar-refractivity contribution in [1.82, 2.24) is 34.4 Å². The van der Waals surface area contributed by atoms with E-state index in [0.29, 0.717) is 75.0 Å². The molecule has 0 saturated carbocycles. The number of H-pyrrole nitrogens is 2. The number of benzene rings is 1. The summed E-state index contributed by atoms with van der Waals surface area (Å²) in [6, 6.07) is 6.28. The summed E-state index contributed by atoms with van der Waals surface area (Å²) in [5.41, 5.74) is 1.04. The van der Waals surface area contributed by atoms with Crippen molar-refractivity contribution in [3.63, 3.8) is 0 Å². The first-order chi connectivity index (χ1) is 23.9. The molecular formula is C33H35ClF3N9O4. The number of nitrogens with one attached hydrogen (secondary N) is 3. The summed E-state index contributed by atoms with van der Waals surface area (Å²) in [4.78, 5) is 52.3. The normalized spacial score (nSPS) is 15.2. The molecule has 0 radical (unpaired) electrons. The van der Waals surface area contributed by atoms with Crippen LogP contribution in [0.4, 0.5) is 24.5 Å². The van der Waals surface area contributed by atoms with Gasteiger partial charge in [-0.2, -0.15) is 13.2 Å². The third-order valence-corrected chi connectivity index (χ3v) is 8.90. The number of aromatic amines is 2. The van der Waals surface area contributed by atoms with E-state index in [4.69, 9.17) is 16.3 Å². The molecule has 1 saturated heterocycles. The number of halogens is 4. The molecule has 0 atom stereocenters. The van der Waals surface area contributed by atoms with Gasteiger partial charge in [0, 0.05) is 51.0 Å². The minimum absolute atomic E-state index is 0.0467. The van der Waals surface area contributed by atoms with E-state index in [1.807, 2.05) is 30.0 Å². The maximum absolute atomic E-state index is 14.5. The number of nitrogens with zero attached hydrogens (tertiary/aromatic N) is 6. The molecule has 17 heteroatoms. The van der Waals surface area contributed by atoms with Gasteiger partial charge in [0.25, 0.3) is 11.5 Å².